The summed E-state index contributed by atoms with van der Waals surface area (Å²) in [5.41, 5.74) is 5.88. The maximum atomic E-state index is 12.6. The van der Waals surface area contributed by atoms with Gasteiger partial charge in [0.25, 0.3) is 5.91 Å². The van der Waals surface area contributed by atoms with Crippen LogP contribution in [0.2, 0.25) is 0 Å². The number of benzene rings is 2. The van der Waals surface area contributed by atoms with Crippen LogP contribution in [0.15, 0.2) is 42.5 Å². The summed E-state index contributed by atoms with van der Waals surface area (Å²) >= 11 is 0. The molecule has 5 nitrogen and oxygen atoms in total. The van der Waals surface area contributed by atoms with Crippen molar-refractivity contribution >= 4 is 22.6 Å². The average Bonchev–Trinajstić information content (AvgIpc) is 2.75. The van der Waals surface area contributed by atoms with Crippen LogP contribution in [0.4, 0.5) is 5.82 Å². The molecule has 30 heavy (non-hydrogen) atoms. The van der Waals surface area contributed by atoms with Crippen molar-refractivity contribution in [1.82, 2.24) is 9.88 Å². The van der Waals surface area contributed by atoms with Gasteiger partial charge in [0.1, 0.15) is 11.6 Å². The number of ether oxygens (including phenoxy) is 1. The molecule has 3 aromatic rings. The third kappa shape index (κ3) is 4.11. The Balaban J connectivity index is 1.37. The van der Waals surface area contributed by atoms with Crippen molar-refractivity contribution in [1.29, 1.82) is 0 Å². The number of aryl methyl sites for hydroxylation is 4. The van der Waals surface area contributed by atoms with Crippen molar-refractivity contribution in [3.8, 4) is 5.75 Å². The highest BCUT2D eigenvalue weighted by Gasteiger charge is 2.23. The van der Waals surface area contributed by atoms with Crippen LogP contribution in [0.3, 0.4) is 0 Å². The summed E-state index contributed by atoms with van der Waals surface area (Å²) in [4.78, 5) is 21.7. The van der Waals surface area contributed by atoms with Crippen LogP contribution in [0.5, 0.6) is 5.75 Å². The second-order valence-electron chi connectivity index (χ2n) is 8.17. The highest BCUT2D eigenvalue weighted by atomic mass is 16.5. The Hall–Kier alpha value is -3.08. The lowest BCUT2D eigenvalue weighted by Crippen LogP contribution is -2.50. The molecule has 0 unspecified atom stereocenters. The van der Waals surface area contributed by atoms with Crippen LogP contribution in [0.1, 0.15) is 22.3 Å². The topological polar surface area (TPSA) is 45.7 Å². The predicted molar refractivity (Wildman–Crippen MR) is 121 cm³/mol. The molecule has 1 aromatic heterocycles. The van der Waals surface area contributed by atoms with Crippen LogP contribution in [0.25, 0.3) is 10.9 Å². The van der Waals surface area contributed by atoms with Crippen molar-refractivity contribution in [2.75, 3.05) is 37.7 Å². The summed E-state index contributed by atoms with van der Waals surface area (Å²) in [6.45, 7) is 11.3. The highest BCUT2D eigenvalue weighted by molar-refractivity contribution is 5.86. The predicted octanol–water partition coefficient (Wildman–Crippen LogP) is 4.20. The Morgan fingerprint density at radius 1 is 0.900 bits per heavy atom. The largest absolute Gasteiger partial charge is 0.484 e. The monoisotopic (exact) mass is 403 g/mol. The van der Waals surface area contributed by atoms with E-state index in [9.17, 15) is 4.79 Å². The van der Waals surface area contributed by atoms with E-state index in [1.54, 1.807) is 0 Å². The summed E-state index contributed by atoms with van der Waals surface area (Å²) in [5.74, 6) is 1.77. The minimum atomic E-state index is 0.0337. The fraction of sp³-hybridized carbons (Fsp3) is 0.360. The van der Waals surface area contributed by atoms with E-state index in [-0.39, 0.29) is 12.5 Å². The van der Waals surface area contributed by atoms with Crippen molar-refractivity contribution in [3.05, 3.63) is 64.7 Å². The third-order valence-electron chi connectivity index (χ3n) is 6.03. The van der Waals surface area contributed by atoms with Crippen molar-refractivity contribution in [3.63, 3.8) is 0 Å². The minimum Gasteiger partial charge on any atom is -0.484 e. The van der Waals surface area contributed by atoms with Gasteiger partial charge in [-0.05, 0) is 68.1 Å². The second-order valence-corrected chi connectivity index (χ2v) is 8.17. The van der Waals surface area contributed by atoms with Crippen LogP contribution >= 0.6 is 0 Å². The molecular formula is C25H29N3O2. The van der Waals surface area contributed by atoms with Gasteiger partial charge in [0, 0.05) is 31.6 Å². The first-order chi connectivity index (χ1) is 14.4. The number of hydrogen-bond acceptors (Lipinski definition) is 4. The molecule has 0 saturated carbocycles. The Bertz CT molecular complexity index is 1090. The smallest absolute Gasteiger partial charge is 0.260 e. The number of hydrogen-bond donors (Lipinski definition) is 0. The summed E-state index contributed by atoms with van der Waals surface area (Å²) in [6.07, 6.45) is 0. The lowest BCUT2D eigenvalue weighted by Gasteiger charge is -2.35. The molecule has 0 bridgehead atoms. The quantitative estimate of drug-likeness (QED) is 0.655. The molecule has 0 aliphatic carbocycles. The maximum absolute atomic E-state index is 12.6. The van der Waals surface area contributed by atoms with Gasteiger partial charge in [0.05, 0.1) is 5.52 Å². The van der Waals surface area contributed by atoms with Gasteiger partial charge in [0.2, 0.25) is 0 Å². The van der Waals surface area contributed by atoms with E-state index in [4.69, 9.17) is 9.72 Å². The highest BCUT2D eigenvalue weighted by Crippen LogP contribution is 2.25. The first-order valence-corrected chi connectivity index (χ1v) is 10.5. The molecule has 0 atom stereocenters. The Labute approximate surface area is 178 Å². The standard InChI is InChI=1S/C25H29N3O2/c1-17-8-9-21(14-19(17)3)30-16-24(29)28-12-10-27(11-13-28)23-15-20(4)22-7-5-6-18(2)25(22)26-23/h5-9,14-15H,10-13,16H2,1-4H3. The molecule has 1 amide bonds. The van der Waals surface area contributed by atoms with Gasteiger partial charge in [-0.25, -0.2) is 4.98 Å². The molecule has 0 spiro atoms. The fourth-order valence-electron chi connectivity index (χ4n) is 3.93. The van der Waals surface area contributed by atoms with Gasteiger partial charge in [-0.1, -0.05) is 24.3 Å². The van der Waals surface area contributed by atoms with E-state index in [2.05, 4.69) is 49.9 Å². The number of nitrogens with zero attached hydrogens (tertiary/aromatic N) is 3. The number of carbonyl (C=O) groups excluding carboxylic acids is 1. The van der Waals surface area contributed by atoms with Crippen LogP contribution in [-0.2, 0) is 4.79 Å². The van der Waals surface area contributed by atoms with Gasteiger partial charge in [-0.3, -0.25) is 4.79 Å². The molecule has 5 heteroatoms. The summed E-state index contributed by atoms with van der Waals surface area (Å²) in [6, 6.07) is 14.4. The normalized spacial score (nSPS) is 14.3. The molecule has 1 fully saturated rings. The van der Waals surface area contributed by atoms with Gasteiger partial charge >= 0.3 is 0 Å². The van der Waals surface area contributed by atoms with Crippen molar-refractivity contribution in [2.24, 2.45) is 0 Å². The zero-order chi connectivity index (χ0) is 21.3. The van der Waals surface area contributed by atoms with E-state index in [0.717, 1.165) is 30.2 Å². The molecule has 2 heterocycles. The van der Waals surface area contributed by atoms with E-state index >= 15 is 0 Å². The first kappa shape index (κ1) is 20.2. The van der Waals surface area contributed by atoms with Crippen molar-refractivity contribution in [2.45, 2.75) is 27.7 Å². The van der Waals surface area contributed by atoms with Gasteiger partial charge < -0.3 is 14.5 Å². The van der Waals surface area contributed by atoms with Crippen LogP contribution in [0, 0.1) is 27.7 Å². The molecule has 1 aliphatic heterocycles. The van der Waals surface area contributed by atoms with Gasteiger partial charge in [0.15, 0.2) is 6.61 Å². The first-order valence-electron chi connectivity index (χ1n) is 10.5. The molecule has 0 N–H and O–H groups in total. The van der Waals surface area contributed by atoms with E-state index in [0.29, 0.717) is 13.1 Å². The van der Waals surface area contributed by atoms with E-state index in [1.165, 1.54) is 27.6 Å². The fourth-order valence-corrected chi connectivity index (χ4v) is 3.93. The number of fused-ring (bicyclic) bond motifs is 1. The number of rotatable bonds is 4. The van der Waals surface area contributed by atoms with Crippen molar-refractivity contribution < 1.29 is 9.53 Å². The lowest BCUT2D eigenvalue weighted by molar-refractivity contribution is -0.133. The summed E-state index contributed by atoms with van der Waals surface area (Å²) in [5, 5.41) is 1.20. The number of piperazine rings is 1. The molecule has 4 rings (SSSR count). The third-order valence-corrected chi connectivity index (χ3v) is 6.03. The lowest BCUT2D eigenvalue weighted by atomic mass is 10.1. The summed E-state index contributed by atoms with van der Waals surface area (Å²) in [7, 11) is 0. The minimum absolute atomic E-state index is 0.0337. The van der Waals surface area contributed by atoms with E-state index < -0.39 is 0 Å². The number of para-hydroxylation sites is 1. The molecular weight excluding hydrogens is 374 g/mol. The second kappa shape index (κ2) is 8.34. The van der Waals surface area contributed by atoms with Gasteiger partial charge in [-0.2, -0.15) is 0 Å². The Kier molecular flexibility index (Phi) is 5.62. The SMILES string of the molecule is Cc1ccc(OCC(=O)N2CCN(c3cc(C)c4cccc(C)c4n3)CC2)cc1C. The van der Waals surface area contributed by atoms with E-state index in [1.807, 2.05) is 30.0 Å². The van der Waals surface area contributed by atoms with Gasteiger partial charge in [-0.15, -0.1) is 0 Å². The molecule has 2 aromatic carbocycles. The number of amides is 1. The number of anilines is 1. The zero-order valence-electron chi connectivity index (χ0n) is 18.2. The van der Waals surface area contributed by atoms with Crippen LogP contribution < -0.4 is 9.64 Å². The molecule has 1 saturated heterocycles. The van der Waals surface area contributed by atoms with Crippen LogP contribution in [-0.4, -0.2) is 48.6 Å². The average molecular weight is 404 g/mol. The summed E-state index contributed by atoms with van der Waals surface area (Å²) < 4.78 is 5.73. The molecule has 156 valence electrons. The number of carbonyl (C=O) groups is 1. The zero-order valence-corrected chi connectivity index (χ0v) is 18.2. The Morgan fingerprint density at radius 2 is 1.67 bits per heavy atom. The molecule has 1 aliphatic rings. The molecule has 0 radical (unpaired) electrons. The maximum Gasteiger partial charge on any atom is 0.260 e. The Morgan fingerprint density at radius 3 is 2.40 bits per heavy atom. The number of aromatic nitrogens is 1. The number of pyridine rings is 1.